The first-order valence-electron chi connectivity index (χ1n) is 6.95. The Morgan fingerprint density at radius 2 is 2.00 bits per heavy atom. The molecule has 0 aliphatic heterocycles. The molecule has 0 saturated heterocycles. The van der Waals surface area contributed by atoms with Crippen molar-refractivity contribution in [3.8, 4) is 5.75 Å². The maximum Gasteiger partial charge on any atom is 0.225 e. The Bertz CT molecular complexity index is 415. The first-order valence-corrected chi connectivity index (χ1v) is 6.95. The number of nitrogens with zero attached hydrogens (tertiary/aromatic N) is 1. The zero-order valence-corrected chi connectivity index (χ0v) is 12.6. The van der Waals surface area contributed by atoms with Crippen LogP contribution in [0, 0.1) is 5.92 Å². The topological polar surface area (TPSA) is 29.5 Å². The van der Waals surface area contributed by atoms with Crippen LogP contribution in [0.5, 0.6) is 5.75 Å². The van der Waals surface area contributed by atoms with E-state index >= 15 is 0 Å². The van der Waals surface area contributed by atoms with E-state index in [2.05, 4.69) is 19.1 Å². The van der Waals surface area contributed by atoms with Crippen LogP contribution in [-0.2, 0) is 4.79 Å². The summed E-state index contributed by atoms with van der Waals surface area (Å²) in [4.78, 5) is 13.8. The predicted octanol–water partition coefficient (Wildman–Crippen LogP) is 3.30. The van der Waals surface area contributed by atoms with Gasteiger partial charge in [-0.25, -0.2) is 0 Å². The van der Waals surface area contributed by atoms with Gasteiger partial charge in [0.1, 0.15) is 5.75 Å². The Balaban J connectivity index is 2.96. The van der Waals surface area contributed by atoms with E-state index in [0.29, 0.717) is 6.61 Å². The van der Waals surface area contributed by atoms with Gasteiger partial charge in [-0.3, -0.25) is 4.79 Å². The summed E-state index contributed by atoms with van der Waals surface area (Å²) in [5.41, 5.74) is 1.18. The number of rotatable bonds is 6. The Morgan fingerprint density at radius 3 is 2.53 bits per heavy atom. The molecule has 0 aliphatic rings. The van der Waals surface area contributed by atoms with Crippen molar-refractivity contribution < 1.29 is 9.53 Å². The molecule has 0 fully saturated rings. The molecule has 0 N–H and O–H groups in total. The lowest BCUT2D eigenvalue weighted by Gasteiger charge is -2.25. The second kappa shape index (κ2) is 7.17. The summed E-state index contributed by atoms with van der Waals surface area (Å²) in [5.74, 6) is 1.27. The van der Waals surface area contributed by atoms with E-state index in [1.807, 2.05) is 40.1 Å². The monoisotopic (exact) mass is 263 g/mol. The van der Waals surface area contributed by atoms with E-state index in [-0.39, 0.29) is 17.7 Å². The van der Waals surface area contributed by atoms with Crippen LogP contribution in [0.15, 0.2) is 24.3 Å². The number of carbonyl (C=O) groups excluding carboxylic acids is 1. The fourth-order valence-corrected chi connectivity index (χ4v) is 2.46. The summed E-state index contributed by atoms with van der Waals surface area (Å²) in [6.45, 7) is 6.76. The van der Waals surface area contributed by atoms with Crippen molar-refractivity contribution >= 4 is 5.91 Å². The van der Waals surface area contributed by atoms with Gasteiger partial charge in [-0.2, -0.15) is 0 Å². The van der Waals surface area contributed by atoms with Crippen LogP contribution in [0.2, 0.25) is 0 Å². The molecule has 0 heterocycles. The van der Waals surface area contributed by atoms with Crippen molar-refractivity contribution in [1.29, 1.82) is 0 Å². The van der Waals surface area contributed by atoms with Gasteiger partial charge >= 0.3 is 0 Å². The van der Waals surface area contributed by atoms with Crippen LogP contribution in [0.3, 0.4) is 0 Å². The Morgan fingerprint density at radius 1 is 1.32 bits per heavy atom. The molecule has 0 unspecified atom stereocenters. The Labute approximate surface area is 116 Å². The van der Waals surface area contributed by atoms with Crippen molar-refractivity contribution in [2.75, 3.05) is 20.7 Å². The van der Waals surface area contributed by atoms with Crippen molar-refractivity contribution in [3.63, 3.8) is 0 Å². The lowest BCUT2D eigenvalue weighted by atomic mass is 9.84. The van der Waals surface area contributed by atoms with Crippen molar-refractivity contribution in [3.05, 3.63) is 29.8 Å². The standard InChI is InChI=1S/C16H25NO2/c1-6-15(12(3)16(18)17(4)5)13-9-8-10-14(11-13)19-7-2/h8-12,15H,6-7H2,1-5H3/t12-,15-/m1/s1. The second-order valence-corrected chi connectivity index (χ2v) is 5.04. The van der Waals surface area contributed by atoms with Gasteiger partial charge in [-0.15, -0.1) is 0 Å². The number of benzene rings is 1. The average molecular weight is 263 g/mol. The van der Waals surface area contributed by atoms with Gasteiger partial charge in [-0.05, 0) is 37.0 Å². The first kappa shape index (κ1) is 15.5. The van der Waals surface area contributed by atoms with Gasteiger partial charge in [0.15, 0.2) is 0 Å². The molecule has 1 aromatic carbocycles. The maximum atomic E-state index is 12.1. The maximum absolute atomic E-state index is 12.1. The van der Waals surface area contributed by atoms with Gasteiger partial charge in [0.2, 0.25) is 5.91 Å². The highest BCUT2D eigenvalue weighted by atomic mass is 16.5. The lowest BCUT2D eigenvalue weighted by Crippen LogP contribution is -2.31. The number of hydrogen-bond donors (Lipinski definition) is 0. The van der Waals surface area contributed by atoms with E-state index in [1.54, 1.807) is 4.90 Å². The van der Waals surface area contributed by atoms with E-state index in [4.69, 9.17) is 4.74 Å². The summed E-state index contributed by atoms with van der Waals surface area (Å²) in [5, 5.41) is 0. The quantitative estimate of drug-likeness (QED) is 0.788. The molecule has 2 atom stereocenters. The molecule has 3 nitrogen and oxygen atoms in total. The SMILES string of the molecule is CCOc1cccc([C@H](CC)[C@@H](C)C(=O)N(C)C)c1. The van der Waals surface area contributed by atoms with Gasteiger partial charge in [0, 0.05) is 20.0 Å². The number of hydrogen-bond acceptors (Lipinski definition) is 2. The first-order chi connectivity index (χ1) is 9.01. The van der Waals surface area contributed by atoms with Gasteiger partial charge in [-0.1, -0.05) is 26.0 Å². The van der Waals surface area contributed by atoms with Crippen molar-refractivity contribution in [2.24, 2.45) is 5.92 Å². The lowest BCUT2D eigenvalue weighted by molar-refractivity contribution is -0.133. The van der Waals surface area contributed by atoms with Gasteiger partial charge in [0.05, 0.1) is 6.61 Å². The van der Waals surface area contributed by atoms with E-state index < -0.39 is 0 Å². The van der Waals surface area contributed by atoms with E-state index in [9.17, 15) is 4.79 Å². The summed E-state index contributed by atoms with van der Waals surface area (Å²) in [6.07, 6.45) is 0.941. The van der Waals surface area contributed by atoms with E-state index in [1.165, 1.54) is 5.56 Å². The number of carbonyl (C=O) groups is 1. The van der Waals surface area contributed by atoms with Crippen LogP contribution >= 0.6 is 0 Å². The largest absolute Gasteiger partial charge is 0.494 e. The summed E-state index contributed by atoms with van der Waals surface area (Å²) in [7, 11) is 3.62. The van der Waals surface area contributed by atoms with Gasteiger partial charge in [0.25, 0.3) is 0 Å². The summed E-state index contributed by atoms with van der Waals surface area (Å²) >= 11 is 0. The van der Waals surface area contributed by atoms with E-state index in [0.717, 1.165) is 12.2 Å². The molecular weight excluding hydrogens is 238 g/mol. The molecule has 1 amide bonds. The molecule has 106 valence electrons. The molecule has 1 aromatic rings. The molecule has 0 saturated carbocycles. The number of ether oxygens (including phenoxy) is 1. The molecule has 3 heteroatoms. The third-order valence-corrected chi connectivity index (χ3v) is 3.47. The average Bonchev–Trinajstić information content (AvgIpc) is 2.39. The minimum Gasteiger partial charge on any atom is -0.494 e. The van der Waals surface area contributed by atoms with Gasteiger partial charge < -0.3 is 9.64 Å². The fraction of sp³-hybridized carbons (Fsp3) is 0.562. The zero-order valence-electron chi connectivity index (χ0n) is 12.6. The minimum atomic E-state index is -0.0168. The molecular formula is C16H25NO2. The summed E-state index contributed by atoms with van der Waals surface area (Å²) in [6, 6.07) is 8.08. The van der Waals surface area contributed by atoms with Crippen LogP contribution in [0.1, 0.15) is 38.7 Å². The molecule has 0 spiro atoms. The smallest absolute Gasteiger partial charge is 0.225 e. The normalized spacial score (nSPS) is 13.7. The molecule has 0 aromatic heterocycles. The molecule has 1 rings (SSSR count). The second-order valence-electron chi connectivity index (χ2n) is 5.04. The fourth-order valence-electron chi connectivity index (χ4n) is 2.46. The molecule has 0 radical (unpaired) electrons. The highest BCUT2D eigenvalue weighted by Crippen LogP contribution is 2.31. The minimum absolute atomic E-state index is 0.0168. The third kappa shape index (κ3) is 3.98. The van der Waals surface area contributed by atoms with Crippen LogP contribution in [-0.4, -0.2) is 31.5 Å². The third-order valence-electron chi connectivity index (χ3n) is 3.47. The van der Waals surface area contributed by atoms with Crippen LogP contribution < -0.4 is 4.74 Å². The molecule has 0 aliphatic carbocycles. The number of amides is 1. The van der Waals surface area contributed by atoms with Crippen LogP contribution in [0.4, 0.5) is 0 Å². The van der Waals surface area contributed by atoms with Crippen LogP contribution in [0.25, 0.3) is 0 Å². The predicted molar refractivity (Wildman–Crippen MR) is 78.5 cm³/mol. The Hall–Kier alpha value is -1.51. The Kier molecular flexibility index (Phi) is 5.87. The highest BCUT2D eigenvalue weighted by Gasteiger charge is 2.25. The highest BCUT2D eigenvalue weighted by molar-refractivity contribution is 5.79. The summed E-state index contributed by atoms with van der Waals surface area (Å²) < 4.78 is 5.53. The van der Waals surface area contributed by atoms with Crippen molar-refractivity contribution in [2.45, 2.75) is 33.1 Å². The van der Waals surface area contributed by atoms with Crippen molar-refractivity contribution in [1.82, 2.24) is 4.90 Å². The zero-order chi connectivity index (χ0) is 14.4. The molecule has 0 bridgehead atoms. The molecule has 19 heavy (non-hydrogen) atoms.